The van der Waals surface area contributed by atoms with Crippen molar-refractivity contribution in [3.8, 4) is 11.1 Å². The maximum absolute atomic E-state index is 11.3. The first kappa shape index (κ1) is 27.4. The molecule has 1 aliphatic rings. The summed E-state index contributed by atoms with van der Waals surface area (Å²) < 4.78 is 13.0. The number of carbonyl (C=O) groups excluding carboxylic acids is 1. The fourth-order valence-corrected chi connectivity index (χ4v) is 5.40. The van der Waals surface area contributed by atoms with Gasteiger partial charge < -0.3 is 25.0 Å². The summed E-state index contributed by atoms with van der Waals surface area (Å²) in [5.74, 6) is 1.51. The van der Waals surface area contributed by atoms with E-state index in [1.54, 1.807) is 11.8 Å². The monoisotopic (exact) mass is 521 g/mol. The lowest BCUT2D eigenvalue weighted by atomic mass is 9.91. The van der Waals surface area contributed by atoms with Gasteiger partial charge in [0.1, 0.15) is 0 Å². The summed E-state index contributed by atoms with van der Waals surface area (Å²) in [6.07, 6.45) is -0.710. The van der Waals surface area contributed by atoms with Crippen molar-refractivity contribution in [3.63, 3.8) is 0 Å². The van der Waals surface area contributed by atoms with Crippen LogP contribution in [0.5, 0.6) is 0 Å². The molecule has 0 bridgehead atoms. The van der Waals surface area contributed by atoms with Gasteiger partial charge in [-0.3, -0.25) is 4.79 Å². The second-order valence-electron chi connectivity index (χ2n) is 9.35. The summed E-state index contributed by atoms with van der Waals surface area (Å²) in [6.45, 7) is 4.31. The van der Waals surface area contributed by atoms with E-state index >= 15 is 0 Å². The Morgan fingerprint density at radius 3 is 2.32 bits per heavy atom. The minimum Gasteiger partial charge on any atom is -0.396 e. The van der Waals surface area contributed by atoms with Gasteiger partial charge in [0.2, 0.25) is 5.91 Å². The summed E-state index contributed by atoms with van der Waals surface area (Å²) in [5.41, 5.74) is 6.06. The first-order valence-electron chi connectivity index (χ1n) is 12.6. The molecule has 3 aromatic carbocycles. The van der Waals surface area contributed by atoms with Crippen LogP contribution in [-0.2, 0) is 27.4 Å². The molecule has 0 unspecified atom stereocenters. The van der Waals surface area contributed by atoms with Crippen LogP contribution in [0, 0.1) is 5.92 Å². The maximum Gasteiger partial charge on any atom is 0.217 e. The number of thioether (sulfide) groups is 1. The van der Waals surface area contributed by atoms with Gasteiger partial charge >= 0.3 is 0 Å². The molecule has 1 heterocycles. The molecule has 1 amide bonds. The molecule has 7 heteroatoms. The van der Waals surface area contributed by atoms with Crippen LogP contribution in [0.1, 0.15) is 48.5 Å². The van der Waals surface area contributed by atoms with Crippen molar-refractivity contribution in [3.05, 3.63) is 95.1 Å². The van der Waals surface area contributed by atoms with E-state index in [0.29, 0.717) is 12.3 Å². The lowest BCUT2D eigenvalue weighted by Gasteiger charge is -2.41. The molecule has 4 rings (SSSR count). The SMILES string of the molecule is CC(=O)NCc1cccc(-c2ccc([C@@H]3O[C@H](CSCCO)[C@H](C)[C@H](c4ccc(CO)cc4)O3)cc2)c1. The Bertz CT molecular complexity index is 1150. The molecule has 1 saturated heterocycles. The Hall–Kier alpha value is -2.68. The second kappa shape index (κ2) is 13.2. The van der Waals surface area contributed by atoms with Gasteiger partial charge in [0.15, 0.2) is 6.29 Å². The average molecular weight is 522 g/mol. The molecule has 0 aromatic heterocycles. The third-order valence-electron chi connectivity index (χ3n) is 6.63. The number of amides is 1. The zero-order valence-corrected chi connectivity index (χ0v) is 22.1. The largest absolute Gasteiger partial charge is 0.396 e. The standard InChI is InChI=1S/C30H35NO5S/c1-20-28(19-37-15-14-32)35-30(36-29(20)25-8-6-22(18-33)7-9-25)26-12-10-24(11-13-26)27-5-3-4-23(16-27)17-31-21(2)34/h3-13,16,20,28-30,32-33H,14-15,17-19H2,1-2H3,(H,31,34)/t20-,28+,29+,30+/m0/s1. The van der Waals surface area contributed by atoms with Crippen LogP contribution in [-0.4, -0.2) is 40.3 Å². The summed E-state index contributed by atoms with van der Waals surface area (Å²) in [6, 6.07) is 24.3. The Balaban J connectivity index is 1.54. The molecule has 0 radical (unpaired) electrons. The molecule has 3 N–H and O–H groups in total. The number of hydrogen-bond acceptors (Lipinski definition) is 6. The molecule has 1 fully saturated rings. The van der Waals surface area contributed by atoms with Crippen LogP contribution >= 0.6 is 11.8 Å². The highest BCUT2D eigenvalue weighted by atomic mass is 32.2. The fraction of sp³-hybridized carbons (Fsp3) is 0.367. The van der Waals surface area contributed by atoms with Gasteiger partial charge in [-0.2, -0.15) is 11.8 Å². The second-order valence-corrected chi connectivity index (χ2v) is 10.5. The van der Waals surface area contributed by atoms with Crippen LogP contribution in [0.2, 0.25) is 0 Å². The van der Waals surface area contributed by atoms with Crippen LogP contribution in [0.15, 0.2) is 72.8 Å². The van der Waals surface area contributed by atoms with E-state index < -0.39 is 6.29 Å². The van der Waals surface area contributed by atoms with E-state index in [4.69, 9.17) is 9.47 Å². The quantitative estimate of drug-likeness (QED) is 0.326. The Kier molecular flexibility index (Phi) is 9.77. The number of nitrogens with one attached hydrogen (secondary N) is 1. The molecule has 37 heavy (non-hydrogen) atoms. The molecule has 0 saturated carbocycles. The zero-order valence-electron chi connectivity index (χ0n) is 21.3. The van der Waals surface area contributed by atoms with E-state index in [0.717, 1.165) is 39.1 Å². The molecular weight excluding hydrogens is 486 g/mol. The molecule has 0 spiro atoms. The topological polar surface area (TPSA) is 88.0 Å². The van der Waals surface area contributed by atoms with Gasteiger partial charge in [0.25, 0.3) is 0 Å². The number of aliphatic hydroxyl groups excluding tert-OH is 2. The minimum absolute atomic E-state index is 0.00994. The number of carbonyl (C=O) groups is 1. The van der Waals surface area contributed by atoms with Crippen molar-refractivity contribution in [1.29, 1.82) is 0 Å². The summed E-state index contributed by atoms with van der Waals surface area (Å²) in [7, 11) is 0. The zero-order chi connectivity index (χ0) is 26.2. The lowest BCUT2D eigenvalue weighted by Crippen LogP contribution is -2.38. The molecule has 3 aromatic rings. The van der Waals surface area contributed by atoms with Crippen LogP contribution in [0.25, 0.3) is 11.1 Å². The van der Waals surface area contributed by atoms with Gasteiger partial charge in [-0.05, 0) is 33.9 Å². The predicted molar refractivity (Wildman–Crippen MR) is 147 cm³/mol. The predicted octanol–water partition coefficient (Wildman–Crippen LogP) is 5.00. The van der Waals surface area contributed by atoms with E-state index in [9.17, 15) is 15.0 Å². The lowest BCUT2D eigenvalue weighted by molar-refractivity contribution is -0.268. The van der Waals surface area contributed by atoms with Crippen molar-refractivity contribution in [1.82, 2.24) is 5.32 Å². The van der Waals surface area contributed by atoms with Crippen molar-refractivity contribution in [2.45, 2.75) is 45.5 Å². The maximum atomic E-state index is 11.3. The summed E-state index contributed by atoms with van der Waals surface area (Å²) in [5, 5.41) is 21.5. The number of aliphatic hydroxyl groups is 2. The van der Waals surface area contributed by atoms with Crippen LogP contribution in [0.4, 0.5) is 0 Å². The van der Waals surface area contributed by atoms with Gasteiger partial charge in [-0.25, -0.2) is 0 Å². The number of benzene rings is 3. The van der Waals surface area contributed by atoms with Gasteiger partial charge in [-0.1, -0.05) is 73.7 Å². The minimum atomic E-state index is -0.515. The highest BCUT2D eigenvalue weighted by Gasteiger charge is 2.38. The first-order valence-corrected chi connectivity index (χ1v) is 13.8. The van der Waals surface area contributed by atoms with Gasteiger partial charge in [0, 0.05) is 36.5 Å². The number of ether oxygens (including phenoxy) is 2. The normalized spacial score (nSPS) is 21.5. The Morgan fingerprint density at radius 1 is 0.919 bits per heavy atom. The van der Waals surface area contributed by atoms with E-state index in [-0.39, 0.29) is 37.2 Å². The molecule has 4 atom stereocenters. The third kappa shape index (κ3) is 7.21. The van der Waals surface area contributed by atoms with Crippen LogP contribution < -0.4 is 5.32 Å². The van der Waals surface area contributed by atoms with Gasteiger partial charge in [-0.15, -0.1) is 0 Å². The molecular formula is C30H35NO5S. The van der Waals surface area contributed by atoms with E-state index in [2.05, 4.69) is 36.5 Å². The third-order valence-corrected chi connectivity index (χ3v) is 7.66. The van der Waals surface area contributed by atoms with Crippen molar-refractivity contribution < 1.29 is 24.5 Å². The van der Waals surface area contributed by atoms with E-state index in [1.165, 1.54) is 6.92 Å². The molecule has 1 aliphatic heterocycles. The van der Waals surface area contributed by atoms with Gasteiger partial charge in [0.05, 0.1) is 25.4 Å². The fourth-order valence-electron chi connectivity index (χ4n) is 4.49. The first-order chi connectivity index (χ1) is 18.0. The molecule has 196 valence electrons. The van der Waals surface area contributed by atoms with Crippen molar-refractivity contribution in [2.24, 2.45) is 5.92 Å². The highest BCUT2D eigenvalue weighted by molar-refractivity contribution is 7.99. The highest BCUT2D eigenvalue weighted by Crippen LogP contribution is 2.42. The van der Waals surface area contributed by atoms with E-state index in [1.807, 2.05) is 48.5 Å². The summed E-state index contributed by atoms with van der Waals surface area (Å²) in [4.78, 5) is 11.3. The Morgan fingerprint density at radius 2 is 1.65 bits per heavy atom. The van der Waals surface area contributed by atoms with Crippen molar-refractivity contribution >= 4 is 17.7 Å². The average Bonchev–Trinajstić information content (AvgIpc) is 2.93. The smallest absolute Gasteiger partial charge is 0.217 e. The van der Waals surface area contributed by atoms with Crippen molar-refractivity contribution in [2.75, 3.05) is 18.1 Å². The van der Waals surface area contributed by atoms with Crippen LogP contribution in [0.3, 0.4) is 0 Å². The molecule has 6 nitrogen and oxygen atoms in total. The summed E-state index contributed by atoms with van der Waals surface area (Å²) >= 11 is 1.68. The Labute approximate surface area is 223 Å². The number of hydrogen-bond donors (Lipinski definition) is 3. The molecule has 0 aliphatic carbocycles. The number of rotatable bonds is 10.